The van der Waals surface area contributed by atoms with Gasteiger partial charge in [0.1, 0.15) is 11.4 Å². The van der Waals surface area contributed by atoms with Gasteiger partial charge in [-0.2, -0.15) is 0 Å². The Morgan fingerprint density at radius 2 is 1.75 bits per heavy atom. The van der Waals surface area contributed by atoms with Crippen molar-refractivity contribution in [2.75, 3.05) is 18.5 Å². The van der Waals surface area contributed by atoms with Crippen molar-refractivity contribution in [3.05, 3.63) is 64.3 Å². The molecule has 6 heteroatoms. The molecule has 0 atom stereocenters. The molecule has 0 bridgehead atoms. The van der Waals surface area contributed by atoms with Crippen LogP contribution in [-0.2, 0) is 9.59 Å². The van der Waals surface area contributed by atoms with Crippen LogP contribution in [0.3, 0.4) is 0 Å². The van der Waals surface area contributed by atoms with Gasteiger partial charge in [0.05, 0.1) is 12.2 Å². The Kier molecular flexibility index (Phi) is 6.05. The largest absolute Gasteiger partial charge is 0.494 e. The Hall–Kier alpha value is -2.79. The number of carbonyl (C=O) groups excluding carboxylic acids is 2. The number of rotatable bonds is 7. The van der Waals surface area contributed by atoms with Gasteiger partial charge in [-0.15, -0.1) is 0 Å². The molecule has 0 spiro atoms. The first kappa shape index (κ1) is 20.0. The highest BCUT2D eigenvalue weighted by molar-refractivity contribution is 6.36. The first-order valence-electron chi connectivity index (χ1n) is 9.33. The van der Waals surface area contributed by atoms with Crippen LogP contribution in [0.2, 0.25) is 5.02 Å². The van der Waals surface area contributed by atoms with Gasteiger partial charge >= 0.3 is 0 Å². The van der Waals surface area contributed by atoms with Crippen LogP contribution in [0.1, 0.15) is 31.4 Å². The summed E-state index contributed by atoms with van der Waals surface area (Å²) in [6.45, 7) is 6.65. The molecule has 0 unspecified atom stereocenters. The van der Waals surface area contributed by atoms with E-state index in [4.69, 9.17) is 16.3 Å². The fraction of sp³-hybridized carbons (Fsp3) is 0.273. The predicted molar refractivity (Wildman–Crippen MR) is 111 cm³/mol. The van der Waals surface area contributed by atoms with Crippen LogP contribution in [0.15, 0.2) is 48.2 Å². The van der Waals surface area contributed by atoms with Gasteiger partial charge in [-0.3, -0.25) is 14.5 Å². The Morgan fingerprint density at radius 1 is 1.04 bits per heavy atom. The van der Waals surface area contributed by atoms with Crippen LogP contribution in [0, 0.1) is 6.92 Å². The lowest BCUT2D eigenvalue weighted by atomic mass is 10.0. The lowest BCUT2D eigenvalue weighted by Gasteiger charge is -2.14. The first-order chi connectivity index (χ1) is 13.5. The fourth-order valence-electron chi connectivity index (χ4n) is 3.15. The number of ether oxygens (including phenoxy) is 1. The van der Waals surface area contributed by atoms with E-state index in [1.807, 2.05) is 26.8 Å². The molecule has 0 saturated heterocycles. The normalized spacial score (nSPS) is 14.1. The number of nitrogens with one attached hydrogen (secondary N) is 1. The molecule has 0 saturated carbocycles. The SMILES string of the molecule is CCCN1C(=O)C(Nc2cccc(Cl)c2C)=C(c2ccc(OCC)cc2)C1=O. The monoisotopic (exact) mass is 398 g/mol. The van der Waals surface area contributed by atoms with E-state index in [1.165, 1.54) is 4.90 Å². The molecule has 1 heterocycles. The number of halogens is 1. The maximum atomic E-state index is 13.0. The van der Waals surface area contributed by atoms with Crippen molar-refractivity contribution in [1.82, 2.24) is 4.90 Å². The third-order valence-corrected chi connectivity index (χ3v) is 5.01. The number of anilines is 1. The van der Waals surface area contributed by atoms with Crippen molar-refractivity contribution in [3.63, 3.8) is 0 Å². The molecule has 0 aromatic heterocycles. The fourth-order valence-corrected chi connectivity index (χ4v) is 3.32. The summed E-state index contributed by atoms with van der Waals surface area (Å²) in [5.41, 5.74) is 2.82. The summed E-state index contributed by atoms with van der Waals surface area (Å²) in [5, 5.41) is 3.75. The third-order valence-electron chi connectivity index (χ3n) is 4.60. The van der Waals surface area contributed by atoms with Gasteiger partial charge in [0.15, 0.2) is 0 Å². The summed E-state index contributed by atoms with van der Waals surface area (Å²) >= 11 is 6.21. The molecule has 28 heavy (non-hydrogen) atoms. The van der Waals surface area contributed by atoms with Crippen LogP contribution in [-0.4, -0.2) is 29.9 Å². The number of carbonyl (C=O) groups is 2. The molecule has 2 aromatic rings. The van der Waals surface area contributed by atoms with E-state index >= 15 is 0 Å². The smallest absolute Gasteiger partial charge is 0.278 e. The van der Waals surface area contributed by atoms with Crippen molar-refractivity contribution < 1.29 is 14.3 Å². The molecule has 0 fully saturated rings. The number of imide groups is 1. The minimum absolute atomic E-state index is 0.271. The van der Waals surface area contributed by atoms with E-state index in [0.29, 0.717) is 47.2 Å². The lowest BCUT2D eigenvalue weighted by molar-refractivity contribution is -0.136. The number of amides is 2. The topological polar surface area (TPSA) is 58.6 Å². The van der Waals surface area contributed by atoms with Gasteiger partial charge < -0.3 is 10.1 Å². The van der Waals surface area contributed by atoms with Gasteiger partial charge in [0.25, 0.3) is 11.8 Å². The highest BCUT2D eigenvalue weighted by Gasteiger charge is 2.38. The van der Waals surface area contributed by atoms with Crippen molar-refractivity contribution in [3.8, 4) is 5.75 Å². The lowest BCUT2D eigenvalue weighted by Crippen LogP contribution is -2.33. The number of hydrogen-bond acceptors (Lipinski definition) is 4. The molecule has 2 aromatic carbocycles. The van der Waals surface area contributed by atoms with E-state index in [2.05, 4.69) is 5.32 Å². The van der Waals surface area contributed by atoms with Gasteiger partial charge in [0.2, 0.25) is 0 Å². The van der Waals surface area contributed by atoms with Crippen molar-refractivity contribution in [1.29, 1.82) is 0 Å². The van der Waals surface area contributed by atoms with Crippen LogP contribution in [0.25, 0.3) is 5.57 Å². The molecule has 1 aliphatic rings. The number of benzene rings is 2. The van der Waals surface area contributed by atoms with E-state index in [0.717, 1.165) is 5.56 Å². The second-order valence-corrected chi connectivity index (χ2v) is 6.91. The molecule has 146 valence electrons. The predicted octanol–water partition coefficient (Wildman–Crippen LogP) is 4.65. The summed E-state index contributed by atoms with van der Waals surface area (Å²) in [4.78, 5) is 27.3. The van der Waals surface area contributed by atoms with Crippen molar-refractivity contribution in [2.45, 2.75) is 27.2 Å². The van der Waals surface area contributed by atoms with E-state index in [9.17, 15) is 9.59 Å². The molecular formula is C22H23ClN2O3. The number of hydrogen-bond donors (Lipinski definition) is 1. The summed E-state index contributed by atoms with van der Waals surface area (Å²) in [6.07, 6.45) is 0.692. The second-order valence-electron chi connectivity index (χ2n) is 6.51. The zero-order valence-corrected chi connectivity index (χ0v) is 17.0. The summed E-state index contributed by atoms with van der Waals surface area (Å²) in [6, 6.07) is 12.6. The molecule has 0 aliphatic carbocycles. The van der Waals surface area contributed by atoms with Crippen LogP contribution in [0.5, 0.6) is 5.75 Å². The Morgan fingerprint density at radius 3 is 2.39 bits per heavy atom. The molecule has 1 aliphatic heterocycles. The zero-order chi connectivity index (χ0) is 20.3. The summed E-state index contributed by atoms with van der Waals surface area (Å²) in [5.74, 6) is 0.0996. The average Bonchev–Trinajstić information content (AvgIpc) is 2.91. The molecule has 0 radical (unpaired) electrons. The molecule has 2 amide bonds. The number of nitrogens with zero attached hydrogens (tertiary/aromatic N) is 1. The average molecular weight is 399 g/mol. The zero-order valence-electron chi connectivity index (χ0n) is 16.2. The van der Waals surface area contributed by atoms with Gasteiger partial charge in [-0.05, 0) is 55.7 Å². The standard InChI is InChI=1S/C22H23ClN2O3/c1-4-13-25-21(26)19(15-9-11-16(12-10-15)28-5-2)20(22(25)27)24-18-8-6-7-17(23)14(18)3/h6-12,24H,4-5,13H2,1-3H3. The van der Waals surface area contributed by atoms with E-state index < -0.39 is 0 Å². The summed E-state index contributed by atoms with van der Waals surface area (Å²) < 4.78 is 5.47. The Labute approximate surface area is 169 Å². The van der Waals surface area contributed by atoms with Crippen LogP contribution >= 0.6 is 11.6 Å². The molecule has 5 nitrogen and oxygen atoms in total. The summed E-state index contributed by atoms with van der Waals surface area (Å²) in [7, 11) is 0. The Bertz CT molecular complexity index is 935. The highest BCUT2D eigenvalue weighted by atomic mass is 35.5. The third kappa shape index (κ3) is 3.76. The van der Waals surface area contributed by atoms with Crippen molar-refractivity contribution in [2.24, 2.45) is 0 Å². The minimum atomic E-state index is -0.324. The van der Waals surface area contributed by atoms with Gasteiger partial charge in [-0.25, -0.2) is 0 Å². The molecule has 3 rings (SSSR count). The molecular weight excluding hydrogens is 376 g/mol. The van der Waals surface area contributed by atoms with E-state index in [1.54, 1.807) is 36.4 Å². The second kappa shape index (κ2) is 8.48. The first-order valence-corrected chi connectivity index (χ1v) is 9.71. The van der Waals surface area contributed by atoms with Crippen molar-refractivity contribution >= 4 is 34.7 Å². The van der Waals surface area contributed by atoms with Crippen LogP contribution in [0.4, 0.5) is 5.69 Å². The molecule has 1 N–H and O–H groups in total. The highest BCUT2D eigenvalue weighted by Crippen LogP contribution is 2.33. The minimum Gasteiger partial charge on any atom is -0.494 e. The van der Waals surface area contributed by atoms with E-state index in [-0.39, 0.29) is 17.5 Å². The van der Waals surface area contributed by atoms with Gasteiger partial charge in [-0.1, -0.05) is 36.7 Å². The van der Waals surface area contributed by atoms with Gasteiger partial charge in [0, 0.05) is 17.3 Å². The van der Waals surface area contributed by atoms with Crippen LogP contribution < -0.4 is 10.1 Å². The Balaban J connectivity index is 2.06. The maximum absolute atomic E-state index is 13.0. The quantitative estimate of drug-likeness (QED) is 0.690. The maximum Gasteiger partial charge on any atom is 0.278 e.